The van der Waals surface area contributed by atoms with Crippen LogP contribution in [-0.4, -0.2) is 43.8 Å². The van der Waals surface area contributed by atoms with Crippen LogP contribution < -0.4 is 0 Å². The van der Waals surface area contributed by atoms with Gasteiger partial charge in [0.15, 0.2) is 9.84 Å². The fraction of sp³-hybridized carbons (Fsp3) is 0.900. The van der Waals surface area contributed by atoms with E-state index in [1.165, 1.54) is 0 Å². The molecule has 2 fully saturated rings. The second kappa shape index (κ2) is 3.69. The Bertz CT molecular complexity index is 419. The van der Waals surface area contributed by atoms with Crippen LogP contribution >= 0.6 is 0 Å². The second-order valence-electron chi connectivity index (χ2n) is 4.68. The van der Waals surface area contributed by atoms with Gasteiger partial charge in [-0.1, -0.05) is 0 Å². The first-order valence-electron chi connectivity index (χ1n) is 5.35. The van der Waals surface area contributed by atoms with Gasteiger partial charge >= 0.3 is 0 Å². The molecule has 0 aromatic rings. The Morgan fingerprint density at radius 3 is 2.31 bits per heavy atom. The van der Waals surface area contributed by atoms with E-state index in [0.717, 1.165) is 0 Å². The minimum Gasteiger partial charge on any atom is -0.387 e. The zero-order valence-electron chi connectivity index (χ0n) is 8.98. The smallest absolute Gasteiger partial charge is 0.153 e. The number of nitriles is 1. The number of nitrogens with zero attached hydrogens (tertiary/aromatic N) is 1. The Kier molecular flexibility index (Phi) is 2.73. The quantitative estimate of drug-likeness (QED) is 0.694. The highest BCUT2D eigenvalue weighted by atomic mass is 32.2. The summed E-state index contributed by atoms with van der Waals surface area (Å²) in [5.41, 5.74) is -2.33. The normalized spacial score (nSPS) is 36.8. The minimum atomic E-state index is -3.19. The van der Waals surface area contributed by atoms with Crippen molar-refractivity contribution >= 4 is 9.84 Å². The Labute approximate surface area is 94.9 Å². The largest absolute Gasteiger partial charge is 0.387 e. The first kappa shape index (κ1) is 11.8. The highest BCUT2D eigenvalue weighted by Gasteiger charge is 2.56. The molecule has 0 spiro atoms. The van der Waals surface area contributed by atoms with Crippen LogP contribution in [0.25, 0.3) is 0 Å². The molecule has 0 amide bonds. The van der Waals surface area contributed by atoms with Gasteiger partial charge in [-0.25, -0.2) is 8.42 Å². The molecule has 2 aliphatic rings. The van der Waals surface area contributed by atoms with E-state index in [9.17, 15) is 18.8 Å². The topological polar surface area (TPSA) is 87.4 Å². The van der Waals surface area contributed by atoms with E-state index < -0.39 is 20.9 Å². The van der Waals surface area contributed by atoms with Crippen molar-refractivity contribution in [3.63, 3.8) is 0 Å². The summed E-state index contributed by atoms with van der Waals surface area (Å²) < 4.78 is 28.1. The number of aliphatic hydroxyl groups is 1. The van der Waals surface area contributed by atoms with Crippen LogP contribution in [0.2, 0.25) is 0 Å². The molecule has 2 saturated heterocycles. The van der Waals surface area contributed by atoms with Crippen LogP contribution in [0.4, 0.5) is 0 Å². The maximum Gasteiger partial charge on any atom is 0.153 e. The summed E-state index contributed by atoms with van der Waals surface area (Å²) in [6.07, 6.45) is 0.994. The molecule has 1 N–H and O–H groups in total. The molecule has 2 heterocycles. The number of ether oxygens (including phenoxy) is 1. The number of hydrogen-bond donors (Lipinski definition) is 1. The van der Waals surface area contributed by atoms with Gasteiger partial charge in [0.2, 0.25) is 0 Å². The van der Waals surface area contributed by atoms with Crippen molar-refractivity contribution in [3.05, 3.63) is 0 Å². The highest BCUT2D eigenvalue weighted by Crippen LogP contribution is 2.46. The summed E-state index contributed by atoms with van der Waals surface area (Å²) >= 11 is 0. The molecule has 0 aromatic heterocycles. The Hall–Kier alpha value is -0.640. The maximum absolute atomic E-state index is 11.4. The lowest BCUT2D eigenvalue weighted by atomic mass is 9.67. The van der Waals surface area contributed by atoms with Crippen molar-refractivity contribution in [1.82, 2.24) is 0 Å². The van der Waals surface area contributed by atoms with Gasteiger partial charge in [0.1, 0.15) is 0 Å². The van der Waals surface area contributed by atoms with Crippen molar-refractivity contribution in [2.45, 2.75) is 24.9 Å². The first-order chi connectivity index (χ1) is 7.43. The molecule has 2 rings (SSSR count). The molecule has 16 heavy (non-hydrogen) atoms. The van der Waals surface area contributed by atoms with E-state index in [4.69, 9.17) is 4.74 Å². The lowest BCUT2D eigenvalue weighted by molar-refractivity contribution is -0.0873. The Morgan fingerprint density at radius 1 is 1.25 bits per heavy atom. The van der Waals surface area contributed by atoms with Crippen LogP contribution in [0.1, 0.15) is 19.3 Å². The molecule has 0 saturated carbocycles. The zero-order chi connectivity index (χ0) is 11.9. The monoisotopic (exact) mass is 245 g/mol. The number of hydrogen-bond acceptors (Lipinski definition) is 5. The summed E-state index contributed by atoms with van der Waals surface area (Å²) in [6.45, 7) is 0.825. The summed E-state index contributed by atoms with van der Waals surface area (Å²) in [5.74, 6) is -0.304. The van der Waals surface area contributed by atoms with E-state index in [-0.39, 0.29) is 17.9 Å². The third-order valence-electron chi connectivity index (χ3n) is 3.74. The fourth-order valence-corrected chi connectivity index (χ4v) is 4.55. The lowest BCUT2D eigenvalue weighted by Crippen LogP contribution is -2.51. The van der Waals surface area contributed by atoms with E-state index >= 15 is 0 Å². The minimum absolute atomic E-state index is 0.0201. The van der Waals surface area contributed by atoms with Crippen LogP contribution in [0, 0.1) is 16.7 Å². The predicted octanol–water partition coefficient (Wildman–Crippen LogP) is -0.144. The van der Waals surface area contributed by atoms with Crippen molar-refractivity contribution in [2.75, 3.05) is 24.7 Å². The van der Waals surface area contributed by atoms with Gasteiger partial charge in [-0.05, 0) is 19.3 Å². The average Bonchev–Trinajstić information content (AvgIpc) is 2.55. The molecule has 1 unspecified atom stereocenters. The van der Waals surface area contributed by atoms with Gasteiger partial charge in [-0.2, -0.15) is 5.26 Å². The molecule has 0 bridgehead atoms. The van der Waals surface area contributed by atoms with Crippen molar-refractivity contribution in [3.8, 4) is 6.07 Å². The van der Waals surface area contributed by atoms with Crippen molar-refractivity contribution in [2.24, 2.45) is 5.41 Å². The molecule has 5 nitrogen and oxygen atoms in total. The molecular weight excluding hydrogens is 230 g/mol. The van der Waals surface area contributed by atoms with E-state index in [0.29, 0.717) is 26.1 Å². The molecule has 90 valence electrons. The number of sulfone groups is 1. The average molecular weight is 245 g/mol. The molecule has 0 radical (unpaired) electrons. The van der Waals surface area contributed by atoms with Gasteiger partial charge in [0, 0.05) is 13.2 Å². The summed E-state index contributed by atoms with van der Waals surface area (Å²) in [5, 5.41) is 19.7. The van der Waals surface area contributed by atoms with E-state index in [1.54, 1.807) is 0 Å². The molecule has 0 aliphatic carbocycles. The second-order valence-corrected chi connectivity index (χ2v) is 6.86. The van der Waals surface area contributed by atoms with Crippen LogP contribution in [0.5, 0.6) is 0 Å². The number of rotatable bonds is 1. The lowest BCUT2D eigenvalue weighted by Gasteiger charge is -2.41. The van der Waals surface area contributed by atoms with Crippen molar-refractivity contribution < 1.29 is 18.3 Å². The summed E-state index contributed by atoms with van der Waals surface area (Å²) in [4.78, 5) is 0. The van der Waals surface area contributed by atoms with Gasteiger partial charge in [-0.3, -0.25) is 0 Å². The third-order valence-corrected chi connectivity index (χ3v) is 5.48. The molecule has 1 atom stereocenters. The Balaban J connectivity index is 2.32. The molecule has 2 aliphatic heterocycles. The fourth-order valence-electron chi connectivity index (χ4n) is 2.61. The molecule has 6 heteroatoms. The first-order valence-corrected chi connectivity index (χ1v) is 7.17. The van der Waals surface area contributed by atoms with Crippen LogP contribution in [-0.2, 0) is 14.6 Å². The molecular formula is C10H15NO4S. The van der Waals surface area contributed by atoms with Crippen LogP contribution in [0.3, 0.4) is 0 Å². The predicted molar refractivity (Wildman–Crippen MR) is 56.3 cm³/mol. The van der Waals surface area contributed by atoms with Crippen molar-refractivity contribution in [1.29, 1.82) is 5.26 Å². The SMILES string of the molecule is N#CC1(C2(O)CCS(=O)(=O)C2)CCOCC1. The molecule has 0 aromatic carbocycles. The van der Waals surface area contributed by atoms with Gasteiger partial charge < -0.3 is 9.84 Å². The van der Waals surface area contributed by atoms with Gasteiger partial charge in [-0.15, -0.1) is 0 Å². The third kappa shape index (κ3) is 1.73. The van der Waals surface area contributed by atoms with Gasteiger partial charge in [0.05, 0.1) is 28.6 Å². The maximum atomic E-state index is 11.4. The van der Waals surface area contributed by atoms with Gasteiger partial charge in [0.25, 0.3) is 0 Å². The van der Waals surface area contributed by atoms with E-state index in [1.807, 2.05) is 0 Å². The zero-order valence-corrected chi connectivity index (χ0v) is 9.79. The standard InChI is InChI=1S/C10H15NO4S/c11-7-9(1-4-15-5-2-9)10(12)3-6-16(13,14)8-10/h12H,1-6,8H2. The summed E-state index contributed by atoms with van der Waals surface area (Å²) in [7, 11) is -3.19. The van der Waals surface area contributed by atoms with Crippen LogP contribution in [0.15, 0.2) is 0 Å². The van der Waals surface area contributed by atoms with E-state index in [2.05, 4.69) is 6.07 Å². The highest BCUT2D eigenvalue weighted by molar-refractivity contribution is 7.91. The Morgan fingerprint density at radius 2 is 1.88 bits per heavy atom. The summed E-state index contributed by atoms with van der Waals surface area (Å²) in [6, 6.07) is 2.14.